The molecule has 0 spiro atoms. The molecule has 0 N–H and O–H groups in total. The smallest absolute Gasteiger partial charge is 0.310 e. The summed E-state index contributed by atoms with van der Waals surface area (Å²) in [5, 5.41) is 11.3. The van der Waals surface area contributed by atoms with Gasteiger partial charge in [0.2, 0.25) is 0 Å². The normalized spacial score (nSPS) is 10.2. The Labute approximate surface area is 134 Å². The van der Waals surface area contributed by atoms with Crippen molar-refractivity contribution < 1.29 is 9.53 Å². The van der Waals surface area contributed by atoms with Gasteiger partial charge >= 0.3 is 5.97 Å². The van der Waals surface area contributed by atoms with Crippen LogP contribution in [0, 0.1) is 11.3 Å². The van der Waals surface area contributed by atoms with Gasteiger partial charge in [0, 0.05) is 5.56 Å². The van der Waals surface area contributed by atoms with E-state index in [0.717, 1.165) is 21.9 Å². The lowest BCUT2D eigenvalue weighted by Crippen LogP contribution is -2.08. The van der Waals surface area contributed by atoms with Crippen LogP contribution in [0.4, 0.5) is 0 Å². The third-order valence-corrected chi connectivity index (χ3v) is 3.69. The van der Waals surface area contributed by atoms with Gasteiger partial charge in [-0.1, -0.05) is 60.7 Å². The number of hydrogen-bond donors (Lipinski definition) is 0. The Morgan fingerprint density at radius 1 is 0.957 bits per heavy atom. The molecule has 0 aromatic heterocycles. The molecule has 0 saturated carbocycles. The van der Waals surface area contributed by atoms with Crippen molar-refractivity contribution in [3.05, 3.63) is 83.4 Å². The molecule has 23 heavy (non-hydrogen) atoms. The van der Waals surface area contributed by atoms with Crippen LogP contribution in [0.1, 0.15) is 16.7 Å². The highest BCUT2D eigenvalue weighted by molar-refractivity contribution is 5.84. The number of nitrogens with zero attached hydrogens (tertiary/aromatic N) is 1. The molecule has 112 valence electrons. The molecule has 0 fully saturated rings. The molecule has 0 aliphatic heterocycles. The Bertz CT molecular complexity index is 893. The quantitative estimate of drug-likeness (QED) is 0.684. The predicted octanol–water partition coefficient (Wildman–Crippen LogP) is 4.00. The molecular weight excluding hydrogens is 286 g/mol. The van der Waals surface area contributed by atoms with Gasteiger partial charge in [-0.05, 0) is 22.4 Å². The lowest BCUT2D eigenvalue weighted by atomic mass is 10.1. The van der Waals surface area contributed by atoms with Crippen molar-refractivity contribution in [1.82, 2.24) is 0 Å². The third kappa shape index (κ3) is 3.56. The van der Waals surface area contributed by atoms with Gasteiger partial charge in [-0.15, -0.1) is 0 Å². The third-order valence-electron chi connectivity index (χ3n) is 3.69. The van der Waals surface area contributed by atoms with Gasteiger partial charge in [0.25, 0.3) is 0 Å². The largest absolute Gasteiger partial charge is 0.461 e. The van der Waals surface area contributed by atoms with Crippen molar-refractivity contribution in [1.29, 1.82) is 5.26 Å². The SMILES string of the molecule is N#Cc1ccccc1COC(=O)Cc1ccc2ccccc2c1. The van der Waals surface area contributed by atoms with Crippen LogP contribution in [0.15, 0.2) is 66.7 Å². The van der Waals surface area contributed by atoms with Gasteiger partial charge in [0.1, 0.15) is 6.61 Å². The molecule has 3 rings (SSSR count). The van der Waals surface area contributed by atoms with Crippen LogP contribution in [-0.4, -0.2) is 5.97 Å². The van der Waals surface area contributed by atoms with Gasteiger partial charge in [-0.3, -0.25) is 4.79 Å². The highest BCUT2D eigenvalue weighted by atomic mass is 16.5. The number of rotatable bonds is 4. The Kier molecular flexibility index (Phi) is 4.35. The molecule has 0 unspecified atom stereocenters. The molecule has 0 radical (unpaired) electrons. The van der Waals surface area contributed by atoms with Crippen molar-refractivity contribution in [3.63, 3.8) is 0 Å². The first-order chi connectivity index (χ1) is 11.3. The summed E-state index contributed by atoms with van der Waals surface area (Å²) in [5.41, 5.74) is 2.18. The van der Waals surface area contributed by atoms with Crippen molar-refractivity contribution in [3.8, 4) is 6.07 Å². The number of hydrogen-bond acceptors (Lipinski definition) is 3. The monoisotopic (exact) mass is 301 g/mol. The van der Waals surface area contributed by atoms with Gasteiger partial charge in [0.15, 0.2) is 0 Å². The zero-order chi connectivity index (χ0) is 16.1. The van der Waals surface area contributed by atoms with E-state index < -0.39 is 0 Å². The molecule has 0 bridgehead atoms. The van der Waals surface area contributed by atoms with Crippen LogP contribution in [0.25, 0.3) is 10.8 Å². The van der Waals surface area contributed by atoms with Crippen molar-refractivity contribution in [2.75, 3.05) is 0 Å². The summed E-state index contributed by atoms with van der Waals surface area (Å²) >= 11 is 0. The van der Waals surface area contributed by atoms with Crippen LogP contribution >= 0.6 is 0 Å². The first-order valence-corrected chi connectivity index (χ1v) is 7.37. The van der Waals surface area contributed by atoms with Crippen molar-refractivity contribution in [2.24, 2.45) is 0 Å². The summed E-state index contributed by atoms with van der Waals surface area (Å²) in [5.74, 6) is -0.298. The fourth-order valence-corrected chi connectivity index (χ4v) is 2.48. The summed E-state index contributed by atoms with van der Waals surface area (Å²) in [4.78, 5) is 12.0. The minimum absolute atomic E-state index is 0.121. The van der Waals surface area contributed by atoms with E-state index in [0.29, 0.717) is 5.56 Å². The summed E-state index contributed by atoms with van der Waals surface area (Å²) in [6.07, 6.45) is 0.222. The first-order valence-electron chi connectivity index (χ1n) is 7.37. The topological polar surface area (TPSA) is 50.1 Å². The molecule has 0 saturated heterocycles. The Balaban J connectivity index is 1.65. The minimum Gasteiger partial charge on any atom is -0.461 e. The number of fused-ring (bicyclic) bond motifs is 1. The summed E-state index contributed by atoms with van der Waals surface area (Å²) in [6.45, 7) is 0.121. The fraction of sp³-hybridized carbons (Fsp3) is 0.100. The van der Waals surface area contributed by atoms with E-state index in [9.17, 15) is 4.79 Å². The molecule has 0 amide bonds. The Morgan fingerprint density at radius 2 is 1.70 bits per heavy atom. The summed E-state index contributed by atoms with van der Waals surface area (Å²) in [7, 11) is 0. The maximum Gasteiger partial charge on any atom is 0.310 e. The summed E-state index contributed by atoms with van der Waals surface area (Å²) in [6, 6.07) is 23.2. The zero-order valence-corrected chi connectivity index (χ0v) is 12.5. The van der Waals surface area contributed by atoms with E-state index in [1.807, 2.05) is 48.5 Å². The van der Waals surface area contributed by atoms with E-state index in [4.69, 9.17) is 10.00 Å². The van der Waals surface area contributed by atoms with E-state index in [-0.39, 0.29) is 19.0 Å². The lowest BCUT2D eigenvalue weighted by molar-refractivity contribution is -0.144. The van der Waals surface area contributed by atoms with E-state index >= 15 is 0 Å². The van der Waals surface area contributed by atoms with Crippen LogP contribution in [-0.2, 0) is 22.6 Å². The Morgan fingerprint density at radius 3 is 2.52 bits per heavy atom. The summed E-state index contributed by atoms with van der Waals surface area (Å²) < 4.78 is 5.30. The van der Waals surface area contributed by atoms with Crippen LogP contribution in [0.5, 0.6) is 0 Å². The number of carbonyl (C=O) groups excluding carboxylic acids is 1. The van der Waals surface area contributed by atoms with E-state index in [1.165, 1.54) is 0 Å². The van der Waals surface area contributed by atoms with E-state index in [2.05, 4.69) is 6.07 Å². The van der Waals surface area contributed by atoms with E-state index in [1.54, 1.807) is 18.2 Å². The zero-order valence-electron chi connectivity index (χ0n) is 12.5. The standard InChI is InChI=1S/C20H15NO2/c21-13-18-7-3-4-8-19(18)14-23-20(22)12-15-9-10-16-5-1-2-6-17(16)11-15/h1-11H,12,14H2. The van der Waals surface area contributed by atoms with Crippen molar-refractivity contribution >= 4 is 16.7 Å². The number of carbonyl (C=O) groups is 1. The maximum atomic E-state index is 12.0. The first kappa shape index (κ1) is 14.8. The molecule has 3 aromatic carbocycles. The van der Waals surface area contributed by atoms with Gasteiger partial charge < -0.3 is 4.74 Å². The number of esters is 1. The highest BCUT2D eigenvalue weighted by Gasteiger charge is 2.08. The molecule has 3 aromatic rings. The second kappa shape index (κ2) is 6.76. The highest BCUT2D eigenvalue weighted by Crippen LogP contribution is 2.16. The number of benzene rings is 3. The lowest BCUT2D eigenvalue weighted by Gasteiger charge is -2.07. The van der Waals surface area contributed by atoms with Crippen LogP contribution < -0.4 is 0 Å². The van der Waals surface area contributed by atoms with Crippen molar-refractivity contribution in [2.45, 2.75) is 13.0 Å². The molecule has 0 aliphatic carbocycles. The molecule has 3 heteroatoms. The maximum absolute atomic E-state index is 12.0. The molecule has 0 atom stereocenters. The number of ether oxygens (including phenoxy) is 1. The average molecular weight is 301 g/mol. The molecule has 0 aliphatic rings. The van der Waals surface area contributed by atoms with Gasteiger partial charge in [-0.2, -0.15) is 5.26 Å². The fourth-order valence-electron chi connectivity index (χ4n) is 2.48. The van der Waals surface area contributed by atoms with Gasteiger partial charge in [-0.25, -0.2) is 0 Å². The Hall–Kier alpha value is -3.12. The molecule has 0 heterocycles. The van der Waals surface area contributed by atoms with Crippen LogP contribution in [0.2, 0.25) is 0 Å². The minimum atomic E-state index is -0.298. The van der Waals surface area contributed by atoms with Gasteiger partial charge in [0.05, 0.1) is 18.1 Å². The second-order valence-electron chi connectivity index (χ2n) is 5.29. The molecule has 3 nitrogen and oxygen atoms in total. The van der Waals surface area contributed by atoms with Crippen LogP contribution in [0.3, 0.4) is 0 Å². The second-order valence-corrected chi connectivity index (χ2v) is 5.29. The average Bonchev–Trinajstić information content (AvgIpc) is 2.60. The molecular formula is C20H15NO2. The number of nitriles is 1. The predicted molar refractivity (Wildman–Crippen MR) is 88.6 cm³/mol.